The SMILES string of the molecule is COC(=O)c1ncccc1-c1ccc(Cl)c(Cl)c1Cl. The van der Waals surface area contributed by atoms with Crippen LogP contribution in [0.15, 0.2) is 30.5 Å². The molecule has 1 aromatic carbocycles. The highest BCUT2D eigenvalue weighted by atomic mass is 35.5. The van der Waals surface area contributed by atoms with E-state index in [9.17, 15) is 4.79 Å². The zero-order chi connectivity index (χ0) is 14.0. The summed E-state index contributed by atoms with van der Waals surface area (Å²) in [4.78, 5) is 15.7. The molecule has 0 fully saturated rings. The molecule has 0 aliphatic rings. The number of ether oxygens (including phenoxy) is 1. The number of halogens is 3. The predicted octanol–water partition coefficient (Wildman–Crippen LogP) is 4.50. The molecule has 98 valence electrons. The summed E-state index contributed by atoms with van der Waals surface area (Å²) in [5.41, 5.74) is 1.28. The lowest BCUT2D eigenvalue weighted by Crippen LogP contribution is -2.06. The third-order valence-electron chi connectivity index (χ3n) is 2.51. The lowest BCUT2D eigenvalue weighted by Gasteiger charge is -2.10. The zero-order valence-corrected chi connectivity index (χ0v) is 12.1. The number of nitrogens with zero attached hydrogens (tertiary/aromatic N) is 1. The normalized spacial score (nSPS) is 10.3. The van der Waals surface area contributed by atoms with E-state index in [4.69, 9.17) is 34.8 Å². The first-order valence-corrected chi connectivity index (χ1v) is 6.37. The van der Waals surface area contributed by atoms with Crippen molar-refractivity contribution in [1.29, 1.82) is 0 Å². The van der Waals surface area contributed by atoms with Crippen LogP contribution < -0.4 is 0 Å². The first kappa shape index (κ1) is 14.1. The van der Waals surface area contributed by atoms with E-state index in [1.807, 2.05) is 0 Å². The Bertz CT molecular complexity index is 644. The Kier molecular flexibility index (Phi) is 4.30. The van der Waals surface area contributed by atoms with E-state index in [0.29, 0.717) is 16.1 Å². The lowest BCUT2D eigenvalue weighted by atomic mass is 10.0. The second-order valence-electron chi connectivity index (χ2n) is 3.61. The molecular formula is C13H8Cl3NO2. The van der Waals surface area contributed by atoms with E-state index in [-0.39, 0.29) is 15.7 Å². The molecule has 0 saturated carbocycles. The van der Waals surface area contributed by atoms with Gasteiger partial charge in [-0.3, -0.25) is 0 Å². The summed E-state index contributed by atoms with van der Waals surface area (Å²) in [7, 11) is 1.29. The van der Waals surface area contributed by atoms with Gasteiger partial charge in [0.1, 0.15) is 0 Å². The minimum absolute atomic E-state index is 0.172. The molecular weight excluding hydrogens is 309 g/mol. The van der Waals surface area contributed by atoms with Crippen LogP contribution in [0.25, 0.3) is 11.1 Å². The van der Waals surface area contributed by atoms with E-state index in [1.54, 1.807) is 24.3 Å². The molecule has 0 N–H and O–H groups in total. The summed E-state index contributed by atoms with van der Waals surface area (Å²) < 4.78 is 4.69. The van der Waals surface area contributed by atoms with Crippen LogP contribution in [-0.4, -0.2) is 18.1 Å². The molecule has 1 heterocycles. The number of pyridine rings is 1. The van der Waals surface area contributed by atoms with Crippen molar-refractivity contribution in [2.75, 3.05) is 7.11 Å². The number of carbonyl (C=O) groups is 1. The predicted molar refractivity (Wildman–Crippen MR) is 76.0 cm³/mol. The number of methoxy groups -OCH3 is 1. The molecule has 0 radical (unpaired) electrons. The van der Waals surface area contributed by atoms with E-state index >= 15 is 0 Å². The number of aromatic nitrogens is 1. The summed E-state index contributed by atoms with van der Waals surface area (Å²) in [5, 5.41) is 0.853. The third-order valence-corrected chi connectivity index (χ3v) is 3.81. The first-order valence-electron chi connectivity index (χ1n) is 5.23. The van der Waals surface area contributed by atoms with Gasteiger partial charge in [0, 0.05) is 17.3 Å². The van der Waals surface area contributed by atoms with Crippen molar-refractivity contribution in [3.05, 3.63) is 51.2 Å². The van der Waals surface area contributed by atoms with E-state index in [0.717, 1.165) is 0 Å². The van der Waals surface area contributed by atoms with Gasteiger partial charge in [0.15, 0.2) is 5.69 Å². The standard InChI is InChI=1S/C13H8Cl3NO2/c1-19-13(18)12-8(3-2-6-17-12)7-4-5-9(14)11(16)10(7)15/h2-6H,1H3. The third kappa shape index (κ3) is 2.68. The van der Waals surface area contributed by atoms with Gasteiger partial charge in [-0.1, -0.05) is 46.9 Å². The van der Waals surface area contributed by atoms with Crippen molar-refractivity contribution in [2.45, 2.75) is 0 Å². The van der Waals surface area contributed by atoms with Crippen molar-refractivity contribution in [2.24, 2.45) is 0 Å². The summed E-state index contributed by atoms with van der Waals surface area (Å²) in [5.74, 6) is -0.544. The van der Waals surface area contributed by atoms with Crippen molar-refractivity contribution in [1.82, 2.24) is 4.98 Å². The largest absolute Gasteiger partial charge is 0.464 e. The van der Waals surface area contributed by atoms with Gasteiger partial charge in [-0.05, 0) is 12.1 Å². The summed E-state index contributed by atoms with van der Waals surface area (Å²) in [6.45, 7) is 0. The van der Waals surface area contributed by atoms with E-state index in [2.05, 4.69) is 9.72 Å². The highest BCUT2D eigenvalue weighted by molar-refractivity contribution is 6.49. The highest BCUT2D eigenvalue weighted by Gasteiger charge is 2.18. The summed E-state index contributed by atoms with van der Waals surface area (Å²) >= 11 is 18.0. The monoisotopic (exact) mass is 315 g/mol. The number of benzene rings is 1. The molecule has 1 aromatic heterocycles. The van der Waals surface area contributed by atoms with E-state index < -0.39 is 5.97 Å². The number of hydrogen-bond donors (Lipinski definition) is 0. The molecule has 0 spiro atoms. The number of carbonyl (C=O) groups excluding carboxylic acids is 1. The van der Waals surface area contributed by atoms with Crippen LogP contribution in [0.5, 0.6) is 0 Å². The average molecular weight is 317 g/mol. The van der Waals surface area contributed by atoms with Gasteiger partial charge in [-0.25, -0.2) is 9.78 Å². The first-order chi connectivity index (χ1) is 9.06. The second-order valence-corrected chi connectivity index (χ2v) is 4.78. The molecule has 0 aliphatic carbocycles. The maximum absolute atomic E-state index is 11.7. The van der Waals surface area contributed by atoms with Gasteiger partial charge in [0.05, 0.1) is 22.2 Å². The van der Waals surface area contributed by atoms with Gasteiger partial charge < -0.3 is 4.74 Å². The molecule has 19 heavy (non-hydrogen) atoms. The Morgan fingerprint density at radius 2 is 1.84 bits per heavy atom. The van der Waals surface area contributed by atoms with Crippen LogP contribution in [-0.2, 0) is 4.74 Å². The molecule has 0 saturated heterocycles. The number of rotatable bonds is 2. The smallest absolute Gasteiger partial charge is 0.357 e. The number of hydrogen-bond acceptors (Lipinski definition) is 3. The number of esters is 1. The molecule has 0 aliphatic heterocycles. The minimum Gasteiger partial charge on any atom is -0.464 e. The molecule has 0 unspecified atom stereocenters. The van der Waals surface area contributed by atoms with Crippen LogP contribution in [0.3, 0.4) is 0 Å². The minimum atomic E-state index is -0.544. The maximum Gasteiger partial charge on any atom is 0.357 e. The van der Waals surface area contributed by atoms with Crippen LogP contribution in [0.4, 0.5) is 0 Å². The second kappa shape index (κ2) is 5.78. The Labute approximate surface area is 125 Å². The van der Waals surface area contributed by atoms with E-state index in [1.165, 1.54) is 13.3 Å². The highest BCUT2D eigenvalue weighted by Crippen LogP contribution is 2.38. The van der Waals surface area contributed by atoms with Crippen LogP contribution in [0.1, 0.15) is 10.5 Å². The molecule has 6 heteroatoms. The fourth-order valence-corrected chi connectivity index (χ4v) is 2.25. The van der Waals surface area contributed by atoms with Gasteiger partial charge >= 0.3 is 5.97 Å². The Morgan fingerprint density at radius 1 is 1.11 bits per heavy atom. The summed E-state index contributed by atoms with van der Waals surface area (Å²) in [6, 6.07) is 6.70. The van der Waals surface area contributed by atoms with Crippen molar-refractivity contribution in [3.63, 3.8) is 0 Å². The van der Waals surface area contributed by atoms with Gasteiger partial charge in [-0.15, -0.1) is 0 Å². The van der Waals surface area contributed by atoms with Crippen molar-refractivity contribution < 1.29 is 9.53 Å². The van der Waals surface area contributed by atoms with Gasteiger partial charge in [0.2, 0.25) is 0 Å². The Balaban J connectivity index is 2.66. The Morgan fingerprint density at radius 3 is 2.53 bits per heavy atom. The fourth-order valence-electron chi connectivity index (χ4n) is 1.62. The van der Waals surface area contributed by atoms with Gasteiger partial charge in [0.25, 0.3) is 0 Å². The molecule has 0 amide bonds. The molecule has 2 aromatic rings. The molecule has 0 bridgehead atoms. The maximum atomic E-state index is 11.7. The molecule has 2 rings (SSSR count). The fraction of sp³-hybridized carbons (Fsp3) is 0.0769. The quantitative estimate of drug-likeness (QED) is 0.605. The van der Waals surface area contributed by atoms with Crippen molar-refractivity contribution in [3.8, 4) is 11.1 Å². The van der Waals surface area contributed by atoms with Crippen LogP contribution in [0.2, 0.25) is 15.1 Å². The zero-order valence-electron chi connectivity index (χ0n) is 9.78. The molecule has 3 nitrogen and oxygen atoms in total. The van der Waals surface area contributed by atoms with Gasteiger partial charge in [-0.2, -0.15) is 0 Å². The topological polar surface area (TPSA) is 39.2 Å². The average Bonchev–Trinajstić information content (AvgIpc) is 2.44. The van der Waals surface area contributed by atoms with Crippen LogP contribution in [0, 0.1) is 0 Å². The van der Waals surface area contributed by atoms with Crippen LogP contribution >= 0.6 is 34.8 Å². The molecule has 0 atom stereocenters. The Hall–Kier alpha value is -1.29. The van der Waals surface area contributed by atoms with Crippen molar-refractivity contribution >= 4 is 40.8 Å². The lowest BCUT2D eigenvalue weighted by molar-refractivity contribution is 0.0595. The summed E-state index contributed by atoms with van der Waals surface area (Å²) in [6.07, 6.45) is 1.50.